The third-order valence-electron chi connectivity index (χ3n) is 4.59. The van der Waals surface area contributed by atoms with Crippen LogP contribution < -0.4 is 10.6 Å². The summed E-state index contributed by atoms with van der Waals surface area (Å²) >= 11 is 23.3. The number of hydrogen-bond acceptors (Lipinski definition) is 3. The molecule has 3 N–H and O–H groups in total. The van der Waals surface area contributed by atoms with Crippen molar-refractivity contribution >= 4 is 74.8 Å². The zero-order valence-electron chi connectivity index (χ0n) is 16.1. The van der Waals surface area contributed by atoms with Gasteiger partial charge < -0.3 is 10.3 Å². The van der Waals surface area contributed by atoms with Gasteiger partial charge in [-0.25, -0.2) is 4.98 Å². The third-order valence-corrected chi connectivity index (χ3v) is 5.94. The number of rotatable bonds is 3. The van der Waals surface area contributed by atoms with Crippen LogP contribution in [-0.4, -0.2) is 21.0 Å². The van der Waals surface area contributed by atoms with E-state index in [9.17, 15) is 4.79 Å². The summed E-state index contributed by atoms with van der Waals surface area (Å²) in [5.41, 5.74) is 4.69. The molecule has 0 aliphatic carbocycles. The summed E-state index contributed by atoms with van der Waals surface area (Å²) in [6.07, 6.45) is 0. The van der Waals surface area contributed by atoms with E-state index in [1.54, 1.807) is 12.1 Å². The van der Waals surface area contributed by atoms with E-state index >= 15 is 0 Å². The van der Waals surface area contributed by atoms with Crippen molar-refractivity contribution in [1.82, 2.24) is 15.3 Å². The van der Waals surface area contributed by atoms with E-state index in [4.69, 9.17) is 47.0 Å². The number of aromatic amines is 1. The topological polar surface area (TPSA) is 69.8 Å². The molecule has 0 atom stereocenters. The molecule has 5 nitrogen and oxygen atoms in total. The number of nitrogens with one attached hydrogen (secondary N) is 3. The van der Waals surface area contributed by atoms with Gasteiger partial charge in [-0.05, 0) is 79.3 Å². The molecular weight excluding hydrogens is 475 g/mol. The average molecular weight is 490 g/mol. The van der Waals surface area contributed by atoms with Gasteiger partial charge in [0.15, 0.2) is 5.11 Å². The maximum atomic E-state index is 12.3. The van der Waals surface area contributed by atoms with E-state index in [2.05, 4.69) is 20.6 Å². The number of carbonyl (C=O) groups excluding carboxylic acids is 1. The molecule has 1 heterocycles. The van der Waals surface area contributed by atoms with Crippen LogP contribution in [0, 0.1) is 6.92 Å². The van der Waals surface area contributed by atoms with Gasteiger partial charge in [0.1, 0.15) is 5.82 Å². The minimum absolute atomic E-state index is 0.165. The molecule has 31 heavy (non-hydrogen) atoms. The van der Waals surface area contributed by atoms with Crippen LogP contribution in [0.15, 0.2) is 54.6 Å². The average Bonchev–Trinajstić information content (AvgIpc) is 3.13. The summed E-state index contributed by atoms with van der Waals surface area (Å²) in [7, 11) is 0. The molecule has 0 unspecified atom stereocenters. The molecule has 1 amide bonds. The fourth-order valence-corrected chi connectivity index (χ4v) is 3.63. The molecular formula is C22H15Cl3N4OS. The Morgan fingerprint density at radius 2 is 1.71 bits per heavy atom. The smallest absolute Gasteiger partial charge is 0.257 e. The van der Waals surface area contributed by atoms with Crippen molar-refractivity contribution in [3.8, 4) is 11.4 Å². The molecule has 4 rings (SSSR count). The van der Waals surface area contributed by atoms with E-state index in [1.165, 1.54) is 6.07 Å². The highest BCUT2D eigenvalue weighted by atomic mass is 35.5. The van der Waals surface area contributed by atoms with Gasteiger partial charge in [-0.15, -0.1) is 0 Å². The van der Waals surface area contributed by atoms with Crippen LogP contribution in [0.2, 0.25) is 15.1 Å². The largest absolute Gasteiger partial charge is 0.338 e. The van der Waals surface area contributed by atoms with E-state index < -0.39 is 0 Å². The van der Waals surface area contributed by atoms with Gasteiger partial charge in [-0.2, -0.15) is 0 Å². The van der Waals surface area contributed by atoms with Crippen molar-refractivity contribution in [2.75, 3.05) is 5.32 Å². The predicted molar refractivity (Wildman–Crippen MR) is 131 cm³/mol. The van der Waals surface area contributed by atoms with Crippen LogP contribution >= 0.6 is 47.0 Å². The zero-order valence-corrected chi connectivity index (χ0v) is 19.2. The first-order valence-electron chi connectivity index (χ1n) is 9.14. The highest BCUT2D eigenvalue weighted by Gasteiger charge is 2.11. The fraction of sp³-hybridized carbons (Fsp3) is 0.0455. The van der Waals surface area contributed by atoms with Gasteiger partial charge in [-0.3, -0.25) is 10.1 Å². The number of nitrogens with zero attached hydrogens (tertiary/aromatic N) is 1. The van der Waals surface area contributed by atoms with Crippen molar-refractivity contribution in [1.29, 1.82) is 0 Å². The molecule has 3 aromatic carbocycles. The molecule has 0 saturated heterocycles. The number of H-pyrrole nitrogens is 1. The molecule has 0 aliphatic rings. The lowest BCUT2D eigenvalue weighted by Crippen LogP contribution is -2.34. The Bertz CT molecular complexity index is 1280. The first kappa shape index (κ1) is 21.6. The Balaban J connectivity index is 1.44. The Hall–Kier alpha value is -2.64. The number of aromatic nitrogens is 2. The Labute approximate surface area is 198 Å². The maximum Gasteiger partial charge on any atom is 0.257 e. The van der Waals surface area contributed by atoms with Crippen molar-refractivity contribution < 1.29 is 4.79 Å². The van der Waals surface area contributed by atoms with Gasteiger partial charge in [0.2, 0.25) is 0 Å². The molecule has 0 radical (unpaired) electrons. The number of benzene rings is 3. The van der Waals surface area contributed by atoms with Crippen LogP contribution in [-0.2, 0) is 0 Å². The number of carbonyl (C=O) groups is 1. The molecule has 0 aliphatic heterocycles. The van der Waals surface area contributed by atoms with Crippen molar-refractivity contribution in [3.63, 3.8) is 0 Å². The van der Waals surface area contributed by atoms with Gasteiger partial charge in [0.05, 0.1) is 21.1 Å². The maximum absolute atomic E-state index is 12.3. The second-order valence-electron chi connectivity index (χ2n) is 6.82. The summed E-state index contributed by atoms with van der Waals surface area (Å²) in [5.74, 6) is 0.350. The van der Waals surface area contributed by atoms with E-state index in [0.717, 1.165) is 33.7 Å². The van der Waals surface area contributed by atoms with Gasteiger partial charge in [0, 0.05) is 21.8 Å². The third kappa shape index (κ3) is 4.83. The molecule has 0 spiro atoms. The summed E-state index contributed by atoms with van der Waals surface area (Å²) in [5, 5.41) is 7.12. The molecule has 0 fully saturated rings. The van der Waals surface area contributed by atoms with E-state index in [0.29, 0.717) is 20.6 Å². The van der Waals surface area contributed by atoms with Crippen LogP contribution in [0.4, 0.5) is 5.69 Å². The summed E-state index contributed by atoms with van der Waals surface area (Å²) in [6.45, 7) is 1.95. The van der Waals surface area contributed by atoms with Crippen LogP contribution in [0.25, 0.3) is 22.4 Å². The summed E-state index contributed by atoms with van der Waals surface area (Å²) in [4.78, 5) is 20.2. The van der Waals surface area contributed by atoms with Crippen molar-refractivity contribution in [2.45, 2.75) is 6.92 Å². The standard InChI is InChI=1S/C22H15Cl3N4OS/c1-11-8-18-19(10-16(11)24)28-20(27-18)12-2-5-14(6-3-12)26-22(31)29-21(30)13-4-7-15(23)17(25)9-13/h2-10H,1H3,(H,27,28)(H2,26,29,30,31). The number of hydrogen-bond donors (Lipinski definition) is 3. The van der Waals surface area contributed by atoms with Gasteiger partial charge in [0.25, 0.3) is 5.91 Å². The Morgan fingerprint density at radius 1 is 0.968 bits per heavy atom. The fourth-order valence-electron chi connectivity index (χ4n) is 2.96. The lowest BCUT2D eigenvalue weighted by molar-refractivity contribution is 0.0977. The monoisotopic (exact) mass is 488 g/mol. The zero-order chi connectivity index (χ0) is 22.1. The number of aryl methyl sites for hydroxylation is 1. The highest BCUT2D eigenvalue weighted by Crippen LogP contribution is 2.26. The Morgan fingerprint density at radius 3 is 2.42 bits per heavy atom. The molecule has 4 aromatic rings. The quantitative estimate of drug-likeness (QED) is 0.283. The molecule has 0 saturated carbocycles. The SMILES string of the molecule is Cc1cc2[nH]c(-c3ccc(NC(=S)NC(=O)c4ccc(Cl)c(Cl)c4)cc3)nc2cc1Cl. The predicted octanol–water partition coefficient (Wildman–Crippen LogP) is 6.63. The van der Waals surface area contributed by atoms with Crippen molar-refractivity contribution in [3.05, 3.63) is 80.8 Å². The minimum Gasteiger partial charge on any atom is -0.338 e. The lowest BCUT2D eigenvalue weighted by atomic mass is 10.2. The van der Waals surface area contributed by atoms with Crippen LogP contribution in [0.1, 0.15) is 15.9 Å². The van der Waals surface area contributed by atoms with Crippen LogP contribution in [0.3, 0.4) is 0 Å². The van der Waals surface area contributed by atoms with Crippen molar-refractivity contribution in [2.24, 2.45) is 0 Å². The molecule has 156 valence electrons. The second-order valence-corrected chi connectivity index (χ2v) is 8.45. The number of imidazole rings is 1. The number of fused-ring (bicyclic) bond motifs is 1. The Kier molecular flexibility index (Phi) is 6.16. The van der Waals surface area contributed by atoms with E-state index in [1.807, 2.05) is 43.3 Å². The van der Waals surface area contributed by atoms with Gasteiger partial charge >= 0.3 is 0 Å². The summed E-state index contributed by atoms with van der Waals surface area (Å²) in [6, 6.07) is 15.9. The number of thiocarbonyl (C=S) groups is 1. The molecule has 0 bridgehead atoms. The lowest BCUT2D eigenvalue weighted by Gasteiger charge is -2.10. The molecule has 9 heteroatoms. The number of anilines is 1. The van der Waals surface area contributed by atoms with Gasteiger partial charge in [-0.1, -0.05) is 34.8 Å². The number of halogens is 3. The normalized spacial score (nSPS) is 10.8. The molecule has 1 aromatic heterocycles. The second kappa shape index (κ2) is 8.85. The number of amides is 1. The van der Waals surface area contributed by atoms with Crippen LogP contribution in [0.5, 0.6) is 0 Å². The highest BCUT2D eigenvalue weighted by molar-refractivity contribution is 7.80. The van der Waals surface area contributed by atoms with E-state index in [-0.39, 0.29) is 11.0 Å². The first-order chi connectivity index (χ1) is 14.8. The summed E-state index contributed by atoms with van der Waals surface area (Å²) < 4.78 is 0. The minimum atomic E-state index is -0.385. The first-order valence-corrected chi connectivity index (χ1v) is 10.7.